The van der Waals surface area contributed by atoms with E-state index in [2.05, 4.69) is 4.98 Å². The van der Waals surface area contributed by atoms with Crippen LogP contribution in [-0.2, 0) is 5.41 Å². The zero-order valence-corrected chi connectivity index (χ0v) is 13.7. The number of hydrogen-bond donors (Lipinski definition) is 0. The molecular weight excluding hydrogens is 329 g/mol. The highest BCUT2D eigenvalue weighted by Gasteiger charge is 2.54. The molecule has 0 N–H and O–H groups in total. The van der Waals surface area contributed by atoms with E-state index in [9.17, 15) is 18.0 Å². The maximum Gasteiger partial charge on any atom is 0.456 e. The second-order valence-corrected chi connectivity index (χ2v) is 8.26. The maximum absolute atomic E-state index is 13.0. The SMILES string of the molecule is O=C(c1nc(C23CC4CC(CC(C4)C2)C3)n2ccccc12)C(F)(F)F. The molecule has 25 heavy (non-hydrogen) atoms. The van der Waals surface area contributed by atoms with Gasteiger partial charge in [-0.2, -0.15) is 13.2 Å². The van der Waals surface area contributed by atoms with Gasteiger partial charge in [-0.3, -0.25) is 4.79 Å². The van der Waals surface area contributed by atoms with Crippen LogP contribution in [0.1, 0.15) is 54.8 Å². The molecule has 0 aliphatic heterocycles. The van der Waals surface area contributed by atoms with E-state index in [4.69, 9.17) is 0 Å². The van der Waals surface area contributed by atoms with Gasteiger partial charge in [0.2, 0.25) is 0 Å². The molecule has 4 fully saturated rings. The summed E-state index contributed by atoms with van der Waals surface area (Å²) in [6.45, 7) is 0. The summed E-state index contributed by atoms with van der Waals surface area (Å²) in [4.78, 5) is 16.3. The van der Waals surface area contributed by atoms with Gasteiger partial charge in [-0.05, 0) is 68.4 Å². The van der Waals surface area contributed by atoms with E-state index in [1.54, 1.807) is 28.8 Å². The van der Waals surface area contributed by atoms with Gasteiger partial charge < -0.3 is 4.40 Å². The number of carbonyl (C=O) groups is 1. The predicted molar refractivity (Wildman–Crippen MR) is 85.4 cm³/mol. The average molecular weight is 348 g/mol. The molecular formula is C19H19F3N2O. The Morgan fingerprint density at radius 1 is 1.08 bits per heavy atom. The van der Waals surface area contributed by atoms with Crippen LogP contribution in [0, 0.1) is 17.8 Å². The molecule has 4 saturated carbocycles. The van der Waals surface area contributed by atoms with Gasteiger partial charge in [-0.25, -0.2) is 4.98 Å². The molecule has 4 bridgehead atoms. The molecule has 3 nitrogen and oxygen atoms in total. The summed E-state index contributed by atoms with van der Waals surface area (Å²) in [6, 6.07) is 5.02. The third kappa shape index (κ3) is 2.19. The number of imidazole rings is 1. The van der Waals surface area contributed by atoms with E-state index < -0.39 is 17.7 Å². The molecule has 4 aliphatic rings. The minimum absolute atomic E-state index is 0.164. The predicted octanol–water partition coefficient (Wildman–Crippen LogP) is 4.55. The van der Waals surface area contributed by atoms with E-state index in [1.165, 1.54) is 19.3 Å². The number of nitrogens with zero attached hydrogens (tertiary/aromatic N) is 2. The Morgan fingerprint density at radius 2 is 1.68 bits per heavy atom. The number of carbonyl (C=O) groups excluding carboxylic acids is 1. The quantitative estimate of drug-likeness (QED) is 0.747. The Kier molecular flexibility index (Phi) is 3.00. The topological polar surface area (TPSA) is 34.4 Å². The number of Topliss-reactive ketones (excluding diaryl/α,β-unsaturated/α-hetero) is 1. The monoisotopic (exact) mass is 348 g/mol. The third-order valence-corrected chi connectivity index (χ3v) is 6.53. The fraction of sp³-hybridized carbons (Fsp3) is 0.579. The standard InChI is InChI=1S/C19H19F3N2O/c20-19(21,22)16(25)15-14-3-1-2-4-24(14)17(23-15)18-8-11-5-12(9-18)7-13(6-11)10-18/h1-4,11-13H,5-10H2. The van der Waals surface area contributed by atoms with E-state index >= 15 is 0 Å². The first-order valence-electron chi connectivity index (χ1n) is 8.95. The molecule has 0 radical (unpaired) electrons. The fourth-order valence-electron chi connectivity index (χ4n) is 6.10. The molecule has 0 amide bonds. The van der Waals surface area contributed by atoms with Gasteiger partial charge in [0.25, 0.3) is 5.78 Å². The molecule has 2 aromatic heterocycles. The number of hydrogen-bond acceptors (Lipinski definition) is 2. The van der Waals surface area contributed by atoms with Crippen LogP contribution in [0.15, 0.2) is 24.4 Å². The lowest BCUT2D eigenvalue weighted by atomic mass is 9.49. The largest absolute Gasteiger partial charge is 0.456 e. The van der Waals surface area contributed by atoms with Crippen LogP contribution < -0.4 is 0 Å². The number of fused-ring (bicyclic) bond motifs is 1. The lowest BCUT2D eigenvalue weighted by molar-refractivity contribution is -0.0887. The summed E-state index contributed by atoms with van der Waals surface area (Å²) in [5, 5.41) is 0. The lowest BCUT2D eigenvalue weighted by Gasteiger charge is -2.56. The molecule has 0 unspecified atom stereocenters. The van der Waals surface area contributed by atoms with Crippen LogP contribution in [0.5, 0.6) is 0 Å². The Labute approximate surface area is 143 Å². The highest BCUT2D eigenvalue weighted by molar-refractivity contribution is 6.04. The van der Waals surface area contributed by atoms with E-state index in [0.29, 0.717) is 23.6 Å². The summed E-state index contributed by atoms with van der Waals surface area (Å²) >= 11 is 0. The normalized spacial score (nSPS) is 34.0. The van der Waals surface area contributed by atoms with Crippen molar-refractivity contribution in [1.29, 1.82) is 0 Å². The van der Waals surface area contributed by atoms with Crippen molar-refractivity contribution in [3.8, 4) is 0 Å². The number of halogens is 3. The van der Waals surface area contributed by atoms with Crippen LogP contribution in [0.4, 0.5) is 13.2 Å². The molecule has 0 saturated heterocycles. The van der Waals surface area contributed by atoms with Crippen LogP contribution >= 0.6 is 0 Å². The molecule has 0 aromatic carbocycles. The maximum atomic E-state index is 13.0. The summed E-state index contributed by atoms with van der Waals surface area (Å²) in [6.07, 6.45) is 3.57. The molecule has 6 rings (SSSR count). The first kappa shape index (κ1) is 15.4. The molecule has 2 heterocycles. The van der Waals surface area contributed by atoms with E-state index in [-0.39, 0.29) is 10.9 Å². The molecule has 6 heteroatoms. The Morgan fingerprint density at radius 3 is 2.24 bits per heavy atom. The highest BCUT2D eigenvalue weighted by Crippen LogP contribution is 2.60. The van der Waals surface area contributed by atoms with Gasteiger partial charge >= 0.3 is 6.18 Å². The fourth-order valence-corrected chi connectivity index (χ4v) is 6.10. The van der Waals surface area contributed by atoms with Gasteiger partial charge in [0, 0.05) is 11.6 Å². The lowest BCUT2D eigenvalue weighted by Crippen LogP contribution is -2.49. The number of alkyl halides is 3. The van der Waals surface area contributed by atoms with Crippen molar-refractivity contribution in [3.05, 3.63) is 35.9 Å². The van der Waals surface area contributed by atoms with Crippen molar-refractivity contribution in [1.82, 2.24) is 9.38 Å². The number of rotatable bonds is 2. The van der Waals surface area contributed by atoms with Crippen molar-refractivity contribution in [2.45, 2.75) is 50.1 Å². The number of ketones is 1. The summed E-state index contributed by atoms with van der Waals surface area (Å²) in [5.74, 6) is 0.805. The van der Waals surface area contributed by atoms with Crippen molar-refractivity contribution < 1.29 is 18.0 Å². The summed E-state index contributed by atoms with van der Waals surface area (Å²) in [5.41, 5.74) is -0.335. The average Bonchev–Trinajstić information content (AvgIpc) is 2.92. The van der Waals surface area contributed by atoms with Crippen LogP contribution in [0.3, 0.4) is 0 Å². The summed E-state index contributed by atoms with van der Waals surface area (Å²) in [7, 11) is 0. The second kappa shape index (κ2) is 4.86. The molecule has 0 atom stereocenters. The first-order valence-corrected chi connectivity index (χ1v) is 8.95. The van der Waals surface area contributed by atoms with Crippen molar-refractivity contribution in [3.63, 3.8) is 0 Å². The molecule has 2 aromatic rings. The minimum atomic E-state index is -4.90. The Bertz CT molecular complexity index is 832. The first-order chi connectivity index (χ1) is 11.9. The number of aromatic nitrogens is 2. The smallest absolute Gasteiger partial charge is 0.302 e. The van der Waals surface area contributed by atoms with Gasteiger partial charge in [0.15, 0.2) is 0 Å². The molecule has 4 aliphatic carbocycles. The van der Waals surface area contributed by atoms with Crippen molar-refractivity contribution in [2.75, 3.05) is 0 Å². The number of pyridine rings is 1. The van der Waals surface area contributed by atoms with E-state index in [1.807, 2.05) is 0 Å². The zero-order chi connectivity index (χ0) is 17.4. The molecule has 132 valence electrons. The van der Waals surface area contributed by atoms with Crippen LogP contribution in [0.25, 0.3) is 5.52 Å². The van der Waals surface area contributed by atoms with Gasteiger partial charge in [-0.15, -0.1) is 0 Å². The minimum Gasteiger partial charge on any atom is -0.302 e. The highest BCUT2D eigenvalue weighted by atomic mass is 19.4. The van der Waals surface area contributed by atoms with Gasteiger partial charge in [0.05, 0.1) is 5.52 Å². The molecule has 0 spiro atoms. The Hall–Kier alpha value is -1.85. The van der Waals surface area contributed by atoms with E-state index in [0.717, 1.165) is 19.3 Å². The van der Waals surface area contributed by atoms with Crippen LogP contribution in [-0.4, -0.2) is 21.3 Å². The van der Waals surface area contributed by atoms with Gasteiger partial charge in [0.1, 0.15) is 11.5 Å². The zero-order valence-electron chi connectivity index (χ0n) is 13.7. The second-order valence-electron chi connectivity index (χ2n) is 8.26. The Balaban J connectivity index is 1.69. The van der Waals surface area contributed by atoms with Crippen molar-refractivity contribution >= 4 is 11.3 Å². The van der Waals surface area contributed by atoms with Crippen molar-refractivity contribution in [2.24, 2.45) is 17.8 Å². The van der Waals surface area contributed by atoms with Gasteiger partial charge in [-0.1, -0.05) is 6.07 Å². The third-order valence-electron chi connectivity index (χ3n) is 6.53. The summed E-state index contributed by atoms with van der Waals surface area (Å²) < 4.78 is 40.8. The van der Waals surface area contributed by atoms with Crippen LogP contribution in [0.2, 0.25) is 0 Å².